The van der Waals surface area contributed by atoms with Gasteiger partial charge in [0, 0.05) is 25.2 Å². The number of amides is 1. The lowest BCUT2D eigenvalue weighted by atomic mass is 10.1. The van der Waals surface area contributed by atoms with Gasteiger partial charge in [-0.25, -0.2) is 0 Å². The number of hydrogen-bond donors (Lipinski definition) is 1. The van der Waals surface area contributed by atoms with Gasteiger partial charge in [-0.05, 0) is 32.0 Å². The van der Waals surface area contributed by atoms with Gasteiger partial charge in [-0.2, -0.15) is 0 Å². The topological polar surface area (TPSA) is 50.8 Å². The van der Waals surface area contributed by atoms with Gasteiger partial charge in [0.2, 0.25) is 0 Å². The Morgan fingerprint density at radius 3 is 2.70 bits per heavy atom. The lowest BCUT2D eigenvalue weighted by Gasteiger charge is -2.37. The highest BCUT2D eigenvalue weighted by Gasteiger charge is 2.29. The van der Waals surface area contributed by atoms with Gasteiger partial charge < -0.3 is 19.7 Å². The molecule has 1 aromatic rings. The summed E-state index contributed by atoms with van der Waals surface area (Å²) in [5, 5.41) is 3.37. The third-order valence-corrected chi connectivity index (χ3v) is 3.66. The first-order chi connectivity index (χ1) is 9.56. The smallest absolute Gasteiger partial charge is 0.258 e. The molecule has 1 amide bonds. The van der Waals surface area contributed by atoms with Crippen molar-refractivity contribution in [1.82, 2.24) is 10.2 Å². The molecule has 1 aliphatic heterocycles. The monoisotopic (exact) mass is 278 g/mol. The zero-order chi connectivity index (χ0) is 14.7. The minimum absolute atomic E-state index is 0.0124. The Morgan fingerprint density at radius 2 is 2.05 bits per heavy atom. The molecule has 1 aliphatic rings. The quantitative estimate of drug-likeness (QED) is 0.911. The first-order valence-electron chi connectivity index (χ1n) is 6.83. The number of methoxy groups -OCH3 is 2. The van der Waals surface area contributed by atoms with Crippen molar-refractivity contribution in [3.8, 4) is 11.5 Å². The van der Waals surface area contributed by atoms with E-state index in [0.717, 1.165) is 6.54 Å². The first-order valence-corrected chi connectivity index (χ1v) is 6.83. The van der Waals surface area contributed by atoms with Crippen molar-refractivity contribution in [2.24, 2.45) is 0 Å². The van der Waals surface area contributed by atoms with Gasteiger partial charge in [-0.1, -0.05) is 0 Å². The molecule has 1 saturated heterocycles. The molecule has 2 rings (SSSR count). The maximum Gasteiger partial charge on any atom is 0.258 e. The summed E-state index contributed by atoms with van der Waals surface area (Å²) in [6, 6.07) is 5.75. The highest BCUT2D eigenvalue weighted by molar-refractivity contribution is 5.97. The second kappa shape index (κ2) is 6.13. The van der Waals surface area contributed by atoms with E-state index in [0.29, 0.717) is 29.6 Å². The predicted octanol–water partition coefficient (Wildman–Crippen LogP) is 1.53. The van der Waals surface area contributed by atoms with Crippen molar-refractivity contribution in [2.75, 3.05) is 27.3 Å². The summed E-state index contributed by atoms with van der Waals surface area (Å²) in [7, 11) is 3.16. The molecule has 0 radical (unpaired) electrons. The van der Waals surface area contributed by atoms with Crippen LogP contribution in [-0.2, 0) is 0 Å². The maximum absolute atomic E-state index is 12.8. The van der Waals surface area contributed by atoms with Gasteiger partial charge in [0.05, 0.1) is 19.8 Å². The minimum Gasteiger partial charge on any atom is -0.497 e. The summed E-state index contributed by atoms with van der Waals surface area (Å²) in [6.45, 7) is 5.62. The van der Waals surface area contributed by atoms with Crippen LogP contribution in [0.2, 0.25) is 0 Å². The summed E-state index contributed by atoms with van der Waals surface area (Å²) in [5.74, 6) is 1.22. The Hall–Kier alpha value is -1.75. The van der Waals surface area contributed by atoms with Gasteiger partial charge >= 0.3 is 0 Å². The normalized spacial score (nSPS) is 22.5. The molecule has 1 heterocycles. The fourth-order valence-electron chi connectivity index (χ4n) is 2.44. The molecule has 20 heavy (non-hydrogen) atoms. The standard InChI is InChI=1S/C15H22N2O3/c1-10-9-17(11(2)8-16-10)15(18)13-7-12(19-3)5-6-14(13)20-4/h5-7,10-11,16H,8-9H2,1-4H3. The van der Waals surface area contributed by atoms with Crippen LogP contribution in [0.25, 0.3) is 0 Å². The highest BCUT2D eigenvalue weighted by atomic mass is 16.5. The van der Waals surface area contributed by atoms with E-state index in [1.165, 1.54) is 0 Å². The number of piperazine rings is 1. The van der Waals surface area contributed by atoms with E-state index in [9.17, 15) is 4.79 Å². The minimum atomic E-state index is -0.0124. The van der Waals surface area contributed by atoms with Crippen LogP contribution in [-0.4, -0.2) is 50.2 Å². The van der Waals surface area contributed by atoms with Crippen molar-refractivity contribution in [3.05, 3.63) is 23.8 Å². The Labute approximate surface area is 119 Å². The zero-order valence-electron chi connectivity index (χ0n) is 12.5. The van der Waals surface area contributed by atoms with E-state index < -0.39 is 0 Å². The number of rotatable bonds is 3. The van der Waals surface area contributed by atoms with E-state index in [4.69, 9.17) is 9.47 Å². The maximum atomic E-state index is 12.8. The molecule has 5 nitrogen and oxygen atoms in total. The van der Waals surface area contributed by atoms with Gasteiger partial charge in [-0.3, -0.25) is 4.79 Å². The number of benzene rings is 1. The van der Waals surface area contributed by atoms with Crippen LogP contribution in [0, 0.1) is 0 Å². The molecule has 110 valence electrons. The number of carbonyl (C=O) groups excluding carboxylic acids is 1. The van der Waals surface area contributed by atoms with Crippen LogP contribution < -0.4 is 14.8 Å². The number of nitrogens with one attached hydrogen (secondary N) is 1. The van der Waals surface area contributed by atoms with E-state index >= 15 is 0 Å². The molecule has 0 aliphatic carbocycles. The molecule has 5 heteroatoms. The number of nitrogens with zero attached hydrogens (tertiary/aromatic N) is 1. The molecular weight excluding hydrogens is 256 g/mol. The van der Waals surface area contributed by atoms with Gasteiger partial charge in [-0.15, -0.1) is 0 Å². The van der Waals surface area contributed by atoms with Gasteiger partial charge in [0.1, 0.15) is 11.5 Å². The molecule has 1 fully saturated rings. The molecular formula is C15H22N2O3. The largest absolute Gasteiger partial charge is 0.497 e. The number of carbonyl (C=O) groups is 1. The zero-order valence-corrected chi connectivity index (χ0v) is 12.5. The fourth-order valence-corrected chi connectivity index (χ4v) is 2.44. The summed E-state index contributed by atoms with van der Waals surface area (Å²) in [4.78, 5) is 14.7. The van der Waals surface area contributed by atoms with Crippen LogP contribution in [0.15, 0.2) is 18.2 Å². The van der Waals surface area contributed by atoms with E-state index in [1.54, 1.807) is 32.4 Å². The Morgan fingerprint density at radius 1 is 1.30 bits per heavy atom. The van der Waals surface area contributed by atoms with E-state index in [1.807, 2.05) is 11.8 Å². The second-order valence-corrected chi connectivity index (χ2v) is 5.18. The molecule has 0 bridgehead atoms. The van der Waals surface area contributed by atoms with Crippen molar-refractivity contribution in [3.63, 3.8) is 0 Å². The van der Waals surface area contributed by atoms with Crippen LogP contribution in [0.1, 0.15) is 24.2 Å². The van der Waals surface area contributed by atoms with Crippen LogP contribution in [0.4, 0.5) is 0 Å². The Balaban J connectivity index is 2.31. The average Bonchev–Trinajstić information content (AvgIpc) is 2.48. The molecule has 0 aromatic heterocycles. The van der Waals surface area contributed by atoms with Crippen LogP contribution in [0.3, 0.4) is 0 Å². The lowest BCUT2D eigenvalue weighted by molar-refractivity contribution is 0.0612. The van der Waals surface area contributed by atoms with Crippen molar-refractivity contribution in [2.45, 2.75) is 25.9 Å². The third-order valence-electron chi connectivity index (χ3n) is 3.66. The molecule has 2 atom stereocenters. The number of hydrogen-bond acceptors (Lipinski definition) is 4. The highest BCUT2D eigenvalue weighted by Crippen LogP contribution is 2.26. The molecule has 0 spiro atoms. The summed E-state index contributed by atoms with van der Waals surface area (Å²) >= 11 is 0. The lowest BCUT2D eigenvalue weighted by Crippen LogP contribution is -2.56. The first kappa shape index (κ1) is 14.7. The van der Waals surface area contributed by atoms with Crippen molar-refractivity contribution < 1.29 is 14.3 Å². The molecule has 2 unspecified atom stereocenters. The predicted molar refractivity (Wildman–Crippen MR) is 77.5 cm³/mol. The molecule has 1 N–H and O–H groups in total. The summed E-state index contributed by atoms with van der Waals surface area (Å²) in [5.41, 5.74) is 0.549. The van der Waals surface area contributed by atoms with Crippen molar-refractivity contribution in [1.29, 1.82) is 0 Å². The van der Waals surface area contributed by atoms with Gasteiger partial charge in [0.15, 0.2) is 0 Å². The summed E-state index contributed by atoms with van der Waals surface area (Å²) in [6.07, 6.45) is 0. The number of ether oxygens (including phenoxy) is 2. The Kier molecular flexibility index (Phi) is 4.49. The molecule has 0 saturated carbocycles. The van der Waals surface area contributed by atoms with Crippen LogP contribution in [0.5, 0.6) is 11.5 Å². The Bertz CT molecular complexity index is 490. The fraction of sp³-hybridized carbons (Fsp3) is 0.533. The van der Waals surface area contributed by atoms with E-state index in [-0.39, 0.29) is 11.9 Å². The van der Waals surface area contributed by atoms with Gasteiger partial charge in [0.25, 0.3) is 5.91 Å². The van der Waals surface area contributed by atoms with Crippen molar-refractivity contribution >= 4 is 5.91 Å². The SMILES string of the molecule is COc1ccc(OC)c(C(=O)N2CC(C)NCC2C)c1. The summed E-state index contributed by atoms with van der Waals surface area (Å²) < 4.78 is 10.5. The van der Waals surface area contributed by atoms with E-state index in [2.05, 4.69) is 12.2 Å². The molecule has 1 aromatic carbocycles. The third kappa shape index (κ3) is 2.88. The average molecular weight is 278 g/mol. The van der Waals surface area contributed by atoms with Crippen LogP contribution >= 0.6 is 0 Å². The second-order valence-electron chi connectivity index (χ2n) is 5.18.